The Hall–Kier alpha value is -2.79. The van der Waals surface area contributed by atoms with Crippen LogP contribution in [0.2, 0.25) is 0 Å². The molecule has 5 heteroatoms. The number of fused-ring (bicyclic) bond motifs is 1. The molecule has 0 aliphatic heterocycles. The lowest BCUT2D eigenvalue weighted by atomic mass is 10.2. The van der Waals surface area contributed by atoms with Crippen LogP contribution in [0.3, 0.4) is 0 Å². The number of carbonyl (C=O) groups is 1. The van der Waals surface area contributed by atoms with Crippen molar-refractivity contribution in [2.75, 3.05) is 19.8 Å². The van der Waals surface area contributed by atoms with Gasteiger partial charge in [0.25, 0.3) is 0 Å². The molecular formula is C20H21NO4. The zero-order chi connectivity index (χ0) is 17.5. The first-order chi connectivity index (χ1) is 12.2. The molecule has 0 spiro atoms. The van der Waals surface area contributed by atoms with Crippen LogP contribution in [-0.4, -0.2) is 35.5 Å². The van der Waals surface area contributed by atoms with Gasteiger partial charge >= 0.3 is 5.97 Å². The molecule has 1 heterocycles. The topological polar surface area (TPSA) is 60.7 Å². The molecule has 0 radical (unpaired) electrons. The Balaban J connectivity index is 1.53. The lowest BCUT2D eigenvalue weighted by Gasteiger charge is -2.09. The summed E-state index contributed by atoms with van der Waals surface area (Å²) in [6.45, 7) is 1.71. The predicted octanol–water partition coefficient (Wildman–Crippen LogP) is 3.36. The summed E-state index contributed by atoms with van der Waals surface area (Å²) in [5.41, 5.74) is 2.28. The van der Waals surface area contributed by atoms with E-state index in [4.69, 9.17) is 14.6 Å². The molecule has 0 unspecified atom stereocenters. The summed E-state index contributed by atoms with van der Waals surface area (Å²) >= 11 is 0. The second-order valence-electron chi connectivity index (χ2n) is 5.73. The molecule has 2 aromatic carbocycles. The van der Waals surface area contributed by atoms with Gasteiger partial charge in [-0.3, -0.25) is 0 Å². The van der Waals surface area contributed by atoms with Crippen LogP contribution >= 0.6 is 0 Å². The summed E-state index contributed by atoms with van der Waals surface area (Å²) < 4.78 is 13.2. The number of aliphatic carboxylic acids is 1. The molecule has 0 atom stereocenters. The lowest BCUT2D eigenvalue weighted by Crippen LogP contribution is -2.09. The van der Waals surface area contributed by atoms with Gasteiger partial charge in [0, 0.05) is 18.1 Å². The van der Waals surface area contributed by atoms with Crippen molar-refractivity contribution >= 4 is 16.9 Å². The zero-order valence-corrected chi connectivity index (χ0v) is 13.9. The third kappa shape index (κ3) is 4.61. The van der Waals surface area contributed by atoms with E-state index >= 15 is 0 Å². The SMILES string of the molecule is O=C(O)COc1cccc2c1ccn2CCOCCc1ccccc1. The molecule has 5 nitrogen and oxygen atoms in total. The minimum atomic E-state index is -0.983. The monoisotopic (exact) mass is 339 g/mol. The zero-order valence-electron chi connectivity index (χ0n) is 13.9. The minimum absolute atomic E-state index is 0.340. The Kier molecular flexibility index (Phi) is 5.69. The summed E-state index contributed by atoms with van der Waals surface area (Å²) in [7, 11) is 0. The molecule has 25 heavy (non-hydrogen) atoms. The minimum Gasteiger partial charge on any atom is -0.481 e. The van der Waals surface area contributed by atoms with Gasteiger partial charge in [-0.25, -0.2) is 4.79 Å². The van der Waals surface area contributed by atoms with Gasteiger partial charge in [-0.15, -0.1) is 0 Å². The Morgan fingerprint density at radius 2 is 1.84 bits per heavy atom. The van der Waals surface area contributed by atoms with Gasteiger partial charge in [0.05, 0.1) is 18.7 Å². The molecule has 0 fully saturated rings. The van der Waals surface area contributed by atoms with Crippen molar-refractivity contribution in [1.82, 2.24) is 4.57 Å². The van der Waals surface area contributed by atoms with E-state index in [1.165, 1.54) is 5.56 Å². The van der Waals surface area contributed by atoms with Crippen LogP contribution in [0.1, 0.15) is 5.56 Å². The first-order valence-corrected chi connectivity index (χ1v) is 8.28. The van der Waals surface area contributed by atoms with E-state index in [0.29, 0.717) is 19.0 Å². The summed E-state index contributed by atoms with van der Waals surface area (Å²) in [5.74, 6) is -0.396. The normalized spacial score (nSPS) is 10.9. The van der Waals surface area contributed by atoms with Crippen LogP contribution in [0.4, 0.5) is 0 Å². The van der Waals surface area contributed by atoms with Gasteiger partial charge in [-0.1, -0.05) is 36.4 Å². The summed E-state index contributed by atoms with van der Waals surface area (Å²) in [4.78, 5) is 10.7. The fourth-order valence-corrected chi connectivity index (χ4v) is 2.76. The Bertz CT molecular complexity index is 826. The molecule has 1 aromatic heterocycles. The smallest absolute Gasteiger partial charge is 0.341 e. The van der Waals surface area contributed by atoms with Crippen LogP contribution in [0, 0.1) is 0 Å². The van der Waals surface area contributed by atoms with Crippen molar-refractivity contribution in [2.24, 2.45) is 0 Å². The first kappa shape index (κ1) is 17.0. The van der Waals surface area contributed by atoms with Crippen LogP contribution in [0.15, 0.2) is 60.8 Å². The van der Waals surface area contributed by atoms with Crippen LogP contribution in [0.25, 0.3) is 10.9 Å². The lowest BCUT2D eigenvalue weighted by molar-refractivity contribution is -0.139. The average molecular weight is 339 g/mol. The van der Waals surface area contributed by atoms with E-state index in [2.05, 4.69) is 16.7 Å². The number of ether oxygens (including phenoxy) is 2. The molecule has 0 aliphatic carbocycles. The van der Waals surface area contributed by atoms with Crippen LogP contribution in [0.5, 0.6) is 5.75 Å². The summed E-state index contributed by atoms with van der Waals surface area (Å²) in [5, 5.41) is 9.66. The number of hydrogen-bond donors (Lipinski definition) is 1. The van der Waals surface area contributed by atoms with Gasteiger partial charge in [0.2, 0.25) is 0 Å². The van der Waals surface area contributed by atoms with E-state index in [9.17, 15) is 4.79 Å². The third-order valence-corrected chi connectivity index (χ3v) is 3.98. The maximum absolute atomic E-state index is 10.7. The second-order valence-corrected chi connectivity index (χ2v) is 5.73. The highest BCUT2D eigenvalue weighted by Crippen LogP contribution is 2.26. The van der Waals surface area contributed by atoms with E-state index in [0.717, 1.165) is 23.9 Å². The van der Waals surface area contributed by atoms with Gasteiger partial charge in [0.15, 0.2) is 6.61 Å². The van der Waals surface area contributed by atoms with Gasteiger partial charge < -0.3 is 19.1 Å². The molecular weight excluding hydrogens is 318 g/mol. The van der Waals surface area contributed by atoms with E-state index in [1.54, 1.807) is 6.07 Å². The number of rotatable bonds is 9. The maximum Gasteiger partial charge on any atom is 0.341 e. The standard InChI is InChI=1S/C20H21NO4/c22-20(23)15-25-19-8-4-7-18-17(19)9-11-21(18)12-14-24-13-10-16-5-2-1-3-6-16/h1-9,11H,10,12-15H2,(H,22,23). The van der Waals surface area contributed by atoms with Gasteiger partial charge in [-0.05, 0) is 30.2 Å². The molecule has 0 amide bonds. The number of nitrogens with zero attached hydrogens (tertiary/aromatic N) is 1. The van der Waals surface area contributed by atoms with E-state index < -0.39 is 5.97 Å². The predicted molar refractivity (Wildman–Crippen MR) is 96.0 cm³/mol. The van der Waals surface area contributed by atoms with Crippen LogP contribution < -0.4 is 4.74 Å². The van der Waals surface area contributed by atoms with Crippen molar-refractivity contribution in [2.45, 2.75) is 13.0 Å². The molecule has 0 aliphatic rings. The van der Waals surface area contributed by atoms with Crippen molar-refractivity contribution < 1.29 is 19.4 Å². The quantitative estimate of drug-likeness (QED) is 0.607. The van der Waals surface area contributed by atoms with E-state index in [-0.39, 0.29) is 6.61 Å². The van der Waals surface area contributed by atoms with Crippen LogP contribution in [-0.2, 0) is 22.5 Å². The first-order valence-electron chi connectivity index (χ1n) is 8.28. The molecule has 3 aromatic rings. The third-order valence-electron chi connectivity index (χ3n) is 3.98. The largest absolute Gasteiger partial charge is 0.481 e. The molecule has 3 rings (SSSR count). The number of benzene rings is 2. The number of carboxylic acids is 1. The summed E-state index contributed by atoms with van der Waals surface area (Å²) in [6.07, 6.45) is 2.87. The molecule has 0 saturated carbocycles. The Labute approximate surface area is 146 Å². The molecule has 0 bridgehead atoms. The van der Waals surface area contributed by atoms with E-state index in [1.807, 2.05) is 42.6 Å². The molecule has 1 N–H and O–H groups in total. The van der Waals surface area contributed by atoms with Gasteiger partial charge in [0.1, 0.15) is 5.75 Å². The van der Waals surface area contributed by atoms with Crippen molar-refractivity contribution in [1.29, 1.82) is 0 Å². The Morgan fingerprint density at radius 1 is 1.00 bits per heavy atom. The fourth-order valence-electron chi connectivity index (χ4n) is 2.76. The van der Waals surface area contributed by atoms with Crippen molar-refractivity contribution in [3.63, 3.8) is 0 Å². The second kappa shape index (κ2) is 8.35. The highest BCUT2D eigenvalue weighted by atomic mass is 16.5. The Morgan fingerprint density at radius 3 is 2.64 bits per heavy atom. The molecule has 0 saturated heterocycles. The number of hydrogen-bond acceptors (Lipinski definition) is 3. The highest BCUT2D eigenvalue weighted by molar-refractivity contribution is 5.86. The van der Waals surface area contributed by atoms with Gasteiger partial charge in [-0.2, -0.15) is 0 Å². The highest BCUT2D eigenvalue weighted by Gasteiger charge is 2.08. The van der Waals surface area contributed by atoms with Crippen molar-refractivity contribution in [3.05, 3.63) is 66.4 Å². The van der Waals surface area contributed by atoms with Crippen molar-refractivity contribution in [3.8, 4) is 5.75 Å². The average Bonchev–Trinajstić information content (AvgIpc) is 3.04. The maximum atomic E-state index is 10.7. The molecule has 130 valence electrons. The number of carboxylic acid groups (broad SMARTS) is 1. The summed E-state index contributed by atoms with van der Waals surface area (Å²) in [6, 6.07) is 17.9. The number of aromatic nitrogens is 1. The fraction of sp³-hybridized carbons (Fsp3) is 0.250.